The summed E-state index contributed by atoms with van der Waals surface area (Å²) in [5.41, 5.74) is 1.59. The predicted octanol–water partition coefficient (Wildman–Crippen LogP) is 2.41. The number of aryl methyl sites for hydroxylation is 1. The average Bonchev–Trinajstić information content (AvgIpc) is 3.56. The number of rotatable bonds is 10. The summed E-state index contributed by atoms with van der Waals surface area (Å²) in [7, 11) is -4.91. The van der Waals surface area contributed by atoms with Crippen LogP contribution in [0.5, 0.6) is 0 Å². The van der Waals surface area contributed by atoms with Crippen molar-refractivity contribution in [2.75, 3.05) is 18.2 Å². The van der Waals surface area contributed by atoms with Crippen LogP contribution in [0, 0.1) is 6.92 Å². The van der Waals surface area contributed by atoms with Gasteiger partial charge in [0.15, 0.2) is 5.82 Å². The van der Waals surface area contributed by atoms with Gasteiger partial charge in [-0.25, -0.2) is 28.3 Å². The second-order valence-corrected chi connectivity index (χ2v) is 9.87. The minimum atomic E-state index is -4.91. The van der Waals surface area contributed by atoms with E-state index in [-0.39, 0.29) is 46.0 Å². The van der Waals surface area contributed by atoms with Gasteiger partial charge in [0.25, 0.3) is 11.8 Å². The minimum absolute atomic E-state index is 0.00132. The Morgan fingerprint density at radius 1 is 1.18 bits per heavy atom. The van der Waals surface area contributed by atoms with Gasteiger partial charge in [0.05, 0.1) is 11.3 Å². The molecule has 1 fully saturated rings. The number of hydrogen-bond acceptors (Lipinski definition) is 8. The zero-order valence-corrected chi connectivity index (χ0v) is 21.6. The summed E-state index contributed by atoms with van der Waals surface area (Å²) in [5, 5.41) is 9.77. The molecule has 1 aliphatic rings. The third kappa shape index (κ3) is 6.53. The van der Waals surface area contributed by atoms with Crippen LogP contribution >= 0.6 is 7.82 Å². The van der Waals surface area contributed by atoms with Gasteiger partial charge in [-0.15, -0.1) is 0 Å². The van der Waals surface area contributed by atoms with Gasteiger partial charge in [0, 0.05) is 24.3 Å². The average molecular weight is 546 g/mol. The number of nitrogens with one attached hydrogen (secondary N) is 2. The number of aromatic nitrogens is 3. The Labute approximate surface area is 217 Å². The fourth-order valence-electron chi connectivity index (χ4n) is 3.55. The molecular weight excluding hydrogens is 519 g/mol. The lowest BCUT2D eigenvalue weighted by Crippen LogP contribution is -2.30. The molecular formula is C23H27N6O8P. The lowest BCUT2D eigenvalue weighted by atomic mass is 10.1. The summed E-state index contributed by atoms with van der Waals surface area (Å²) in [4.78, 5) is 61.7. The molecule has 0 radical (unpaired) electrons. The van der Waals surface area contributed by atoms with Crippen LogP contribution in [0.1, 0.15) is 52.5 Å². The van der Waals surface area contributed by atoms with Crippen LogP contribution in [0.4, 0.5) is 16.3 Å². The summed E-state index contributed by atoms with van der Waals surface area (Å²) in [6.45, 7) is 3.04. The van der Waals surface area contributed by atoms with E-state index in [1.807, 2.05) is 6.92 Å². The number of phosphoric ester groups is 1. The Balaban J connectivity index is 1.77. The van der Waals surface area contributed by atoms with Gasteiger partial charge < -0.3 is 25.2 Å². The first-order valence-corrected chi connectivity index (χ1v) is 13.3. The summed E-state index contributed by atoms with van der Waals surface area (Å²) >= 11 is 0. The first-order valence-electron chi connectivity index (χ1n) is 11.8. The second kappa shape index (κ2) is 11.3. The van der Waals surface area contributed by atoms with Crippen molar-refractivity contribution in [3.63, 3.8) is 0 Å². The Morgan fingerprint density at radius 2 is 1.95 bits per heavy atom. The van der Waals surface area contributed by atoms with E-state index in [2.05, 4.69) is 25.2 Å². The fraction of sp³-hybridized carbons (Fsp3) is 0.348. The molecule has 15 heteroatoms. The number of nitrogens with zero attached hydrogens (tertiary/aromatic N) is 4. The molecule has 3 aromatic rings. The Kier molecular flexibility index (Phi) is 8.07. The molecule has 1 aliphatic carbocycles. The highest BCUT2D eigenvalue weighted by molar-refractivity contribution is 7.46. The molecule has 38 heavy (non-hydrogen) atoms. The third-order valence-electron chi connectivity index (χ3n) is 5.61. The van der Waals surface area contributed by atoms with Crippen molar-refractivity contribution in [1.29, 1.82) is 0 Å². The summed E-state index contributed by atoms with van der Waals surface area (Å²) in [6.07, 6.45) is 4.07. The molecule has 14 nitrogen and oxygen atoms in total. The van der Waals surface area contributed by atoms with E-state index in [0.717, 1.165) is 24.2 Å². The Hall–Kier alpha value is -3.84. The number of fused-ring (bicyclic) bond motifs is 1. The molecule has 2 aromatic heterocycles. The highest BCUT2D eigenvalue weighted by Crippen LogP contribution is 2.36. The van der Waals surface area contributed by atoms with Crippen molar-refractivity contribution in [2.24, 2.45) is 0 Å². The maximum Gasteiger partial charge on any atom is 0.472 e. The largest absolute Gasteiger partial charge is 0.472 e. The van der Waals surface area contributed by atoms with Gasteiger partial charge >= 0.3 is 13.9 Å². The number of anilines is 2. The number of phosphoric acid groups is 1. The van der Waals surface area contributed by atoms with Crippen LogP contribution < -0.4 is 15.5 Å². The van der Waals surface area contributed by atoms with Gasteiger partial charge in [0.2, 0.25) is 6.79 Å². The zero-order chi connectivity index (χ0) is 27.4. The van der Waals surface area contributed by atoms with Crippen LogP contribution in [0.3, 0.4) is 0 Å². The molecule has 1 aromatic carbocycles. The first-order chi connectivity index (χ1) is 18.1. The Bertz CT molecular complexity index is 1420. The molecule has 1 saturated carbocycles. The van der Waals surface area contributed by atoms with E-state index in [9.17, 15) is 18.9 Å². The quantitative estimate of drug-likeness (QED) is 0.217. The minimum Gasteiger partial charge on any atom is -0.421 e. The molecule has 0 bridgehead atoms. The SMILES string of the molecule is CCCNC(=O)c1cc2c(N(C(=O)OCOP(=O)(O)O)c3cc(C(=O)NC4CC4)ccc3C)ncnn2c1. The van der Waals surface area contributed by atoms with E-state index in [1.54, 1.807) is 19.1 Å². The van der Waals surface area contributed by atoms with Gasteiger partial charge in [0.1, 0.15) is 11.8 Å². The molecule has 3 amide bonds. The van der Waals surface area contributed by atoms with Crippen LogP contribution in [0.25, 0.3) is 5.52 Å². The van der Waals surface area contributed by atoms with Crippen molar-refractivity contribution in [2.45, 2.75) is 39.2 Å². The maximum atomic E-state index is 13.3. The third-order valence-corrected chi connectivity index (χ3v) is 6.05. The molecule has 202 valence electrons. The van der Waals surface area contributed by atoms with E-state index in [1.165, 1.54) is 29.2 Å². The molecule has 2 heterocycles. The van der Waals surface area contributed by atoms with Gasteiger partial charge in [-0.1, -0.05) is 13.0 Å². The van der Waals surface area contributed by atoms with Crippen LogP contribution in [-0.4, -0.2) is 61.7 Å². The van der Waals surface area contributed by atoms with E-state index in [4.69, 9.17) is 14.5 Å². The van der Waals surface area contributed by atoms with Crippen LogP contribution in [0.2, 0.25) is 0 Å². The zero-order valence-electron chi connectivity index (χ0n) is 20.7. The number of carbonyl (C=O) groups is 3. The van der Waals surface area contributed by atoms with Crippen molar-refractivity contribution in [1.82, 2.24) is 25.2 Å². The summed E-state index contributed by atoms with van der Waals surface area (Å²) in [5.74, 6) is -0.668. The molecule has 4 rings (SSSR count). The highest BCUT2D eigenvalue weighted by atomic mass is 31.2. The van der Waals surface area contributed by atoms with Gasteiger partial charge in [-0.3, -0.25) is 9.59 Å². The smallest absolute Gasteiger partial charge is 0.421 e. The maximum absolute atomic E-state index is 13.3. The van der Waals surface area contributed by atoms with E-state index in [0.29, 0.717) is 12.1 Å². The topological polar surface area (TPSA) is 185 Å². The molecule has 0 unspecified atom stereocenters. The molecule has 0 spiro atoms. The van der Waals surface area contributed by atoms with Gasteiger partial charge in [-0.05, 0) is 49.9 Å². The molecule has 4 N–H and O–H groups in total. The fourth-order valence-corrected chi connectivity index (χ4v) is 3.74. The Morgan fingerprint density at radius 3 is 2.63 bits per heavy atom. The summed E-state index contributed by atoms with van der Waals surface area (Å²) < 4.78 is 21.7. The van der Waals surface area contributed by atoms with Crippen LogP contribution in [-0.2, 0) is 13.8 Å². The van der Waals surface area contributed by atoms with E-state index < -0.39 is 20.7 Å². The number of hydrogen-bond donors (Lipinski definition) is 4. The molecule has 0 atom stereocenters. The molecule has 0 aliphatic heterocycles. The second-order valence-electron chi connectivity index (χ2n) is 8.63. The molecule has 0 saturated heterocycles. The monoisotopic (exact) mass is 546 g/mol. The first kappa shape index (κ1) is 27.2. The highest BCUT2D eigenvalue weighted by Gasteiger charge is 2.29. The standard InChI is InChI=1S/C23H27N6O8P/c1-3-8-24-21(30)16-10-19-20(25-12-26-28(19)11-16)29(23(32)36-13-37-38(33,34)35)18-9-15(5-4-14(18)2)22(31)27-17-6-7-17/h4-5,9-12,17H,3,6-8,13H2,1-2H3,(H,24,30)(H,27,31)(H2,33,34,35). The number of carbonyl (C=O) groups excluding carboxylic acids is 3. The number of benzene rings is 1. The normalized spacial score (nSPS) is 13.3. The number of ether oxygens (including phenoxy) is 1. The lowest BCUT2D eigenvalue weighted by molar-refractivity contribution is 0.0445. The lowest BCUT2D eigenvalue weighted by Gasteiger charge is -2.24. The van der Waals surface area contributed by atoms with Crippen molar-refractivity contribution in [3.8, 4) is 0 Å². The van der Waals surface area contributed by atoms with Gasteiger partial charge in [-0.2, -0.15) is 5.10 Å². The van der Waals surface area contributed by atoms with E-state index >= 15 is 0 Å². The van der Waals surface area contributed by atoms with Crippen molar-refractivity contribution < 1.29 is 38.0 Å². The summed E-state index contributed by atoms with van der Waals surface area (Å²) in [6, 6.07) is 6.34. The predicted molar refractivity (Wildman–Crippen MR) is 134 cm³/mol. The van der Waals surface area contributed by atoms with Crippen molar-refractivity contribution in [3.05, 3.63) is 53.5 Å². The van der Waals surface area contributed by atoms with Crippen molar-refractivity contribution >= 4 is 42.8 Å². The van der Waals surface area contributed by atoms with Crippen LogP contribution in [0.15, 0.2) is 36.8 Å². The number of amides is 3.